The summed E-state index contributed by atoms with van der Waals surface area (Å²) < 4.78 is 2.38. The average Bonchev–Trinajstić information content (AvgIpc) is 3.27. The van der Waals surface area contributed by atoms with E-state index in [-0.39, 0.29) is 0 Å². The van der Waals surface area contributed by atoms with Crippen molar-refractivity contribution in [3.8, 4) is 27.9 Å². The molecule has 0 fully saturated rings. The van der Waals surface area contributed by atoms with Crippen molar-refractivity contribution in [2.75, 3.05) is 0 Å². The van der Waals surface area contributed by atoms with E-state index < -0.39 is 0 Å². The fourth-order valence-electron chi connectivity index (χ4n) is 6.23. The van der Waals surface area contributed by atoms with Gasteiger partial charge in [-0.05, 0) is 75.8 Å². The number of aromatic nitrogens is 1. The van der Waals surface area contributed by atoms with Crippen LogP contribution in [0.25, 0.3) is 66.5 Å². The van der Waals surface area contributed by atoms with Crippen LogP contribution in [0.4, 0.5) is 0 Å². The number of hydrogen-bond donors (Lipinski definition) is 0. The van der Waals surface area contributed by atoms with Crippen LogP contribution in [0.3, 0.4) is 0 Å². The van der Waals surface area contributed by atoms with E-state index in [4.69, 9.17) is 0 Å². The molecule has 0 bridgehead atoms. The first-order valence-electron chi connectivity index (χ1n) is 13.6. The van der Waals surface area contributed by atoms with Crippen molar-refractivity contribution in [3.63, 3.8) is 0 Å². The maximum atomic E-state index is 2.38. The van der Waals surface area contributed by atoms with Crippen LogP contribution in [-0.2, 0) is 0 Å². The van der Waals surface area contributed by atoms with E-state index in [0.29, 0.717) is 0 Å². The smallest absolute Gasteiger partial charge is 0.0537 e. The first-order valence-corrected chi connectivity index (χ1v) is 13.6. The number of nitrogens with zero attached hydrogens (tertiary/aromatic N) is 1. The second-order valence-corrected chi connectivity index (χ2v) is 10.1. The SMILES string of the molecule is C/C=C\c1c(C)n(-c2ccc(-c3c4ccccc4c(-c4ccccc4)c4ccccc34)cc2)c2ccccc12. The van der Waals surface area contributed by atoms with Crippen LogP contribution < -0.4 is 0 Å². The molecule has 0 aliphatic heterocycles. The fourth-order valence-corrected chi connectivity index (χ4v) is 6.23. The van der Waals surface area contributed by atoms with Crippen molar-refractivity contribution < 1.29 is 0 Å². The molecule has 7 aromatic rings. The number of para-hydroxylation sites is 1. The Morgan fingerprint density at radius 2 is 0.949 bits per heavy atom. The van der Waals surface area contributed by atoms with Crippen LogP contribution in [0.15, 0.2) is 133 Å². The van der Waals surface area contributed by atoms with Gasteiger partial charge in [0.15, 0.2) is 0 Å². The number of hydrogen-bond acceptors (Lipinski definition) is 0. The molecule has 1 nitrogen and oxygen atoms in total. The maximum Gasteiger partial charge on any atom is 0.0537 e. The van der Waals surface area contributed by atoms with Crippen LogP contribution in [0.2, 0.25) is 0 Å². The molecule has 6 aromatic carbocycles. The van der Waals surface area contributed by atoms with Gasteiger partial charge in [-0.3, -0.25) is 0 Å². The minimum Gasteiger partial charge on any atom is -0.313 e. The largest absolute Gasteiger partial charge is 0.313 e. The highest BCUT2D eigenvalue weighted by Gasteiger charge is 2.17. The Hall–Kier alpha value is -4.88. The van der Waals surface area contributed by atoms with Crippen LogP contribution in [0.1, 0.15) is 18.2 Å². The highest BCUT2D eigenvalue weighted by atomic mass is 15.0. The second-order valence-electron chi connectivity index (χ2n) is 10.1. The van der Waals surface area contributed by atoms with Gasteiger partial charge in [-0.2, -0.15) is 0 Å². The fraction of sp³-hybridized carbons (Fsp3) is 0.0526. The quantitative estimate of drug-likeness (QED) is 0.212. The van der Waals surface area contributed by atoms with E-state index in [1.807, 2.05) is 0 Å². The highest BCUT2D eigenvalue weighted by molar-refractivity contribution is 6.21. The Labute approximate surface area is 229 Å². The molecular formula is C38H29N. The van der Waals surface area contributed by atoms with Gasteiger partial charge in [0.05, 0.1) is 5.52 Å². The van der Waals surface area contributed by atoms with Crippen molar-refractivity contribution in [2.45, 2.75) is 13.8 Å². The molecule has 1 heteroatoms. The second kappa shape index (κ2) is 9.45. The summed E-state index contributed by atoms with van der Waals surface area (Å²) >= 11 is 0. The van der Waals surface area contributed by atoms with Crippen LogP contribution in [0.5, 0.6) is 0 Å². The molecule has 0 amide bonds. The summed E-state index contributed by atoms with van der Waals surface area (Å²) in [4.78, 5) is 0. The van der Waals surface area contributed by atoms with E-state index in [2.05, 4.69) is 158 Å². The van der Waals surface area contributed by atoms with Gasteiger partial charge in [-0.1, -0.05) is 121 Å². The minimum absolute atomic E-state index is 1.18. The number of rotatable bonds is 4. The zero-order valence-corrected chi connectivity index (χ0v) is 22.2. The molecule has 0 aliphatic rings. The van der Waals surface area contributed by atoms with E-state index in [1.165, 1.54) is 71.6 Å². The normalized spacial score (nSPS) is 11.7. The summed E-state index contributed by atoms with van der Waals surface area (Å²) in [5, 5.41) is 6.40. The molecule has 39 heavy (non-hydrogen) atoms. The minimum atomic E-state index is 1.18. The van der Waals surface area contributed by atoms with Crippen molar-refractivity contribution in [1.29, 1.82) is 0 Å². The van der Waals surface area contributed by atoms with Gasteiger partial charge in [0.2, 0.25) is 0 Å². The monoisotopic (exact) mass is 499 g/mol. The Morgan fingerprint density at radius 3 is 1.49 bits per heavy atom. The summed E-state index contributed by atoms with van der Waals surface area (Å²) in [5.41, 5.74) is 10.0. The molecule has 0 spiro atoms. The lowest BCUT2D eigenvalue weighted by molar-refractivity contribution is 1.05. The number of benzene rings is 6. The standard InChI is InChI=1S/C38H29N/c1-3-13-30-26(2)39(36-21-12-11-16-31(30)36)29-24-22-28(23-25-29)38-34-19-9-7-17-32(34)37(27-14-5-4-6-15-27)33-18-8-10-20-35(33)38/h3-25H,1-2H3/b13-3-. The lowest BCUT2D eigenvalue weighted by atomic mass is 9.86. The lowest BCUT2D eigenvalue weighted by Crippen LogP contribution is -1.97. The molecule has 1 aromatic heterocycles. The third-order valence-corrected chi connectivity index (χ3v) is 7.90. The molecule has 186 valence electrons. The highest BCUT2D eigenvalue weighted by Crippen LogP contribution is 2.43. The molecule has 0 saturated heterocycles. The molecule has 0 saturated carbocycles. The zero-order valence-electron chi connectivity index (χ0n) is 22.2. The van der Waals surface area contributed by atoms with Crippen LogP contribution in [0, 0.1) is 6.92 Å². The first kappa shape index (κ1) is 23.3. The van der Waals surface area contributed by atoms with Crippen molar-refractivity contribution in [2.24, 2.45) is 0 Å². The molecule has 0 N–H and O–H groups in total. The van der Waals surface area contributed by atoms with Gasteiger partial charge < -0.3 is 4.57 Å². The summed E-state index contributed by atoms with van der Waals surface area (Å²) in [6.45, 7) is 4.30. The predicted molar refractivity (Wildman–Crippen MR) is 169 cm³/mol. The maximum absolute atomic E-state index is 2.38. The molecule has 0 unspecified atom stereocenters. The van der Waals surface area contributed by atoms with Gasteiger partial charge in [0.25, 0.3) is 0 Å². The Kier molecular flexibility index (Phi) is 5.64. The summed E-state index contributed by atoms with van der Waals surface area (Å²) in [6.07, 6.45) is 4.34. The van der Waals surface area contributed by atoms with E-state index >= 15 is 0 Å². The third kappa shape index (κ3) is 3.70. The molecular weight excluding hydrogens is 470 g/mol. The van der Waals surface area contributed by atoms with Crippen molar-refractivity contribution in [3.05, 3.63) is 145 Å². The lowest BCUT2D eigenvalue weighted by Gasteiger charge is -2.18. The molecule has 1 heterocycles. The van der Waals surface area contributed by atoms with Crippen molar-refractivity contribution in [1.82, 2.24) is 4.57 Å². The van der Waals surface area contributed by atoms with Crippen LogP contribution in [-0.4, -0.2) is 4.57 Å². The molecule has 0 aliphatic carbocycles. The first-order chi connectivity index (χ1) is 19.3. The topological polar surface area (TPSA) is 4.93 Å². The van der Waals surface area contributed by atoms with E-state index in [1.54, 1.807) is 0 Å². The number of fused-ring (bicyclic) bond motifs is 3. The molecule has 7 rings (SSSR count). The third-order valence-electron chi connectivity index (χ3n) is 7.90. The Balaban J connectivity index is 1.46. The Morgan fingerprint density at radius 1 is 0.487 bits per heavy atom. The van der Waals surface area contributed by atoms with Gasteiger partial charge >= 0.3 is 0 Å². The van der Waals surface area contributed by atoms with Gasteiger partial charge in [-0.25, -0.2) is 0 Å². The van der Waals surface area contributed by atoms with E-state index in [9.17, 15) is 0 Å². The van der Waals surface area contributed by atoms with Gasteiger partial charge in [0.1, 0.15) is 0 Å². The van der Waals surface area contributed by atoms with E-state index in [0.717, 1.165) is 0 Å². The Bertz CT molecular complexity index is 1950. The van der Waals surface area contributed by atoms with Crippen molar-refractivity contribution >= 4 is 38.5 Å². The van der Waals surface area contributed by atoms with Crippen LogP contribution >= 0.6 is 0 Å². The zero-order chi connectivity index (χ0) is 26.3. The summed E-state index contributed by atoms with van der Waals surface area (Å²) in [6, 6.07) is 46.2. The predicted octanol–water partition coefficient (Wildman–Crippen LogP) is 10.6. The molecule has 0 atom stereocenters. The number of allylic oxidation sites excluding steroid dienone is 1. The summed E-state index contributed by atoms with van der Waals surface area (Å²) in [5.74, 6) is 0. The molecule has 0 radical (unpaired) electrons. The van der Waals surface area contributed by atoms with Gasteiger partial charge in [0, 0.05) is 22.3 Å². The average molecular weight is 500 g/mol. The summed E-state index contributed by atoms with van der Waals surface area (Å²) in [7, 11) is 0. The van der Waals surface area contributed by atoms with Gasteiger partial charge in [-0.15, -0.1) is 0 Å².